The van der Waals surface area contributed by atoms with Crippen LogP contribution in [0.15, 0.2) is 0 Å². The lowest BCUT2D eigenvalue weighted by Gasteiger charge is -2.32. The van der Waals surface area contributed by atoms with Crippen LogP contribution in [0.5, 0.6) is 0 Å². The molecule has 0 spiro atoms. The molecule has 0 amide bonds. The first-order chi connectivity index (χ1) is 6.47. The van der Waals surface area contributed by atoms with Crippen molar-refractivity contribution < 1.29 is 5.11 Å². The maximum absolute atomic E-state index is 9.64. The van der Waals surface area contributed by atoms with Crippen LogP contribution in [0.3, 0.4) is 0 Å². The molecule has 0 aromatic carbocycles. The lowest BCUT2D eigenvalue weighted by atomic mass is 9.97. The van der Waals surface area contributed by atoms with Crippen LogP contribution >= 0.6 is 0 Å². The molecule has 2 heteroatoms. The van der Waals surface area contributed by atoms with Crippen molar-refractivity contribution in [1.82, 2.24) is 4.90 Å². The standard InChI is InChI=1S/C12H21NO/c1-12(2,3)7-4-6-11(14)10-13-8-5-9-13/h11,14H,5-6,8-10H2,1-3H3. The van der Waals surface area contributed by atoms with E-state index < -0.39 is 0 Å². The molecular formula is C12H21NO. The zero-order chi connectivity index (χ0) is 10.6. The average molecular weight is 195 g/mol. The second kappa shape index (κ2) is 4.82. The van der Waals surface area contributed by atoms with Crippen molar-refractivity contribution in [2.24, 2.45) is 5.41 Å². The Bertz CT molecular complexity index is 227. The SMILES string of the molecule is CC(C)(C)C#CCC(O)CN1CCC1. The number of hydrogen-bond donors (Lipinski definition) is 1. The molecule has 0 radical (unpaired) electrons. The van der Waals surface area contributed by atoms with Gasteiger partial charge in [0.05, 0.1) is 6.10 Å². The number of rotatable bonds is 3. The van der Waals surface area contributed by atoms with Crippen molar-refractivity contribution in [2.45, 2.75) is 39.7 Å². The van der Waals surface area contributed by atoms with Crippen LogP contribution in [0.25, 0.3) is 0 Å². The molecule has 1 fully saturated rings. The molecule has 1 rings (SSSR count). The van der Waals surface area contributed by atoms with Gasteiger partial charge in [-0.1, -0.05) is 5.92 Å². The van der Waals surface area contributed by atoms with Crippen LogP contribution in [0.1, 0.15) is 33.6 Å². The third kappa shape index (κ3) is 4.64. The summed E-state index contributed by atoms with van der Waals surface area (Å²) < 4.78 is 0. The summed E-state index contributed by atoms with van der Waals surface area (Å²) in [6, 6.07) is 0. The molecule has 0 aliphatic carbocycles. The summed E-state index contributed by atoms with van der Waals surface area (Å²) in [6.45, 7) is 9.33. The molecule has 1 heterocycles. The molecule has 1 aliphatic heterocycles. The van der Waals surface area contributed by atoms with E-state index in [2.05, 4.69) is 37.5 Å². The summed E-state index contributed by atoms with van der Waals surface area (Å²) in [5, 5.41) is 9.64. The summed E-state index contributed by atoms with van der Waals surface area (Å²) in [5.41, 5.74) is 0.0521. The first kappa shape index (κ1) is 11.6. The van der Waals surface area contributed by atoms with Crippen molar-refractivity contribution in [1.29, 1.82) is 0 Å². The van der Waals surface area contributed by atoms with Crippen LogP contribution in [0, 0.1) is 17.3 Å². The van der Waals surface area contributed by atoms with E-state index in [0.29, 0.717) is 6.42 Å². The lowest BCUT2D eigenvalue weighted by Crippen LogP contribution is -2.42. The van der Waals surface area contributed by atoms with E-state index in [4.69, 9.17) is 0 Å². The highest BCUT2D eigenvalue weighted by atomic mass is 16.3. The first-order valence-corrected chi connectivity index (χ1v) is 5.38. The van der Waals surface area contributed by atoms with Gasteiger partial charge in [0.1, 0.15) is 0 Å². The quantitative estimate of drug-likeness (QED) is 0.690. The van der Waals surface area contributed by atoms with Crippen molar-refractivity contribution >= 4 is 0 Å². The number of β-amino-alcohol motifs (C(OH)–C–C–N with tert-alkyl or cyclic N) is 1. The molecule has 1 aliphatic rings. The summed E-state index contributed by atoms with van der Waals surface area (Å²) in [5.74, 6) is 6.19. The van der Waals surface area contributed by atoms with E-state index in [-0.39, 0.29) is 11.5 Å². The molecule has 1 saturated heterocycles. The number of aliphatic hydroxyl groups is 1. The van der Waals surface area contributed by atoms with E-state index >= 15 is 0 Å². The van der Waals surface area contributed by atoms with Gasteiger partial charge in [-0.05, 0) is 40.3 Å². The molecule has 0 aromatic rings. The zero-order valence-electron chi connectivity index (χ0n) is 9.51. The largest absolute Gasteiger partial charge is 0.391 e. The molecule has 0 saturated carbocycles. The molecule has 14 heavy (non-hydrogen) atoms. The Labute approximate surface area is 87.3 Å². The van der Waals surface area contributed by atoms with Gasteiger partial charge in [0.15, 0.2) is 0 Å². The van der Waals surface area contributed by atoms with Crippen LogP contribution in [-0.2, 0) is 0 Å². The van der Waals surface area contributed by atoms with Gasteiger partial charge in [-0.25, -0.2) is 0 Å². The average Bonchev–Trinajstić information content (AvgIpc) is 1.94. The zero-order valence-corrected chi connectivity index (χ0v) is 9.51. The van der Waals surface area contributed by atoms with E-state index in [1.807, 2.05) is 0 Å². The van der Waals surface area contributed by atoms with Gasteiger partial charge >= 0.3 is 0 Å². The maximum Gasteiger partial charge on any atom is 0.0776 e. The van der Waals surface area contributed by atoms with E-state index in [0.717, 1.165) is 19.6 Å². The Hall–Kier alpha value is -0.520. The third-order valence-corrected chi connectivity index (χ3v) is 2.22. The fraction of sp³-hybridized carbons (Fsp3) is 0.833. The molecule has 1 N–H and O–H groups in total. The molecule has 1 unspecified atom stereocenters. The van der Waals surface area contributed by atoms with Crippen molar-refractivity contribution in [2.75, 3.05) is 19.6 Å². The molecule has 0 bridgehead atoms. The van der Waals surface area contributed by atoms with Gasteiger partial charge in [-0.2, -0.15) is 0 Å². The Morgan fingerprint density at radius 2 is 2.00 bits per heavy atom. The number of hydrogen-bond acceptors (Lipinski definition) is 2. The maximum atomic E-state index is 9.64. The van der Waals surface area contributed by atoms with Gasteiger partial charge in [-0.15, -0.1) is 5.92 Å². The molecule has 1 atom stereocenters. The first-order valence-electron chi connectivity index (χ1n) is 5.38. The predicted molar refractivity (Wildman–Crippen MR) is 58.9 cm³/mol. The molecule has 80 valence electrons. The van der Waals surface area contributed by atoms with E-state index in [1.165, 1.54) is 6.42 Å². The Morgan fingerprint density at radius 1 is 1.36 bits per heavy atom. The highest BCUT2D eigenvalue weighted by Crippen LogP contribution is 2.11. The Balaban J connectivity index is 2.18. The topological polar surface area (TPSA) is 23.5 Å². The minimum Gasteiger partial charge on any atom is -0.391 e. The summed E-state index contributed by atoms with van der Waals surface area (Å²) >= 11 is 0. The summed E-state index contributed by atoms with van der Waals surface area (Å²) in [6.07, 6.45) is 1.61. The summed E-state index contributed by atoms with van der Waals surface area (Å²) in [7, 11) is 0. The van der Waals surface area contributed by atoms with E-state index in [1.54, 1.807) is 0 Å². The van der Waals surface area contributed by atoms with Crippen LogP contribution < -0.4 is 0 Å². The van der Waals surface area contributed by atoms with Crippen molar-refractivity contribution in [3.05, 3.63) is 0 Å². The fourth-order valence-corrected chi connectivity index (χ4v) is 1.36. The smallest absolute Gasteiger partial charge is 0.0776 e. The van der Waals surface area contributed by atoms with Gasteiger partial charge in [0.25, 0.3) is 0 Å². The highest BCUT2D eigenvalue weighted by molar-refractivity contribution is 5.08. The monoisotopic (exact) mass is 195 g/mol. The van der Waals surface area contributed by atoms with Crippen LogP contribution in [0.4, 0.5) is 0 Å². The van der Waals surface area contributed by atoms with Crippen LogP contribution in [0.2, 0.25) is 0 Å². The molecule has 0 aromatic heterocycles. The molecule has 2 nitrogen and oxygen atoms in total. The Morgan fingerprint density at radius 3 is 2.43 bits per heavy atom. The lowest BCUT2D eigenvalue weighted by molar-refractivity contribution is 0.0818. The number of nitrogens with zero attached hydrogens (tertiary/aromatic N) is 1. The normalized spacial score (nSPS) is 19.4. The summed E-state index contributed by atoms with van der Waals surface area (Å²) in [4.78, 5) is 2.27. The highest BCUT2D eigenvalue weighted by Gasteiger charge is 2.16. The molecular weight excluding hydrogens is 174 g/mol. The minimum absolute atomic E-state index is 0.0521. The Kier molecular flexibility index (Phi) is 3.97. The number of likely N-dealkylation sites (tertiary alicyclic amines) is 1. The van der Waals surface area contributed by atoms with Crippen molar-refractivity contribution in [3.63, 3.8) is 0 Å². The second-order valence-electron chi connectivity index (χ2n) is 5.06. The fourth-order valence-electron chi connectivity index (χ4n) is 1.36. The van der Waals surface area contributed by atoms with Gasteiger partial charge in [-0.3, -0.25) is 0 Å². The van der Waals surface area contributed by atoms with Crippen LogP contribution in [-0.4, -0.2) is 35.7 Å². The predicted octanol–water partition coefficient (Wildman–Crippen LogP) is 1.49. The minimum atomic E-state index is -0.273. The van der Waals surface area contributed by atoms with Gasteiger partial charge in [0.2, 0.25) is 0 Å². The van der Waals surface area contributed by atoms with Gasteiger partial charge in [0, 0.05) is 18.4 Å². The van der Waals surface area contributed by atoms with E-state index in [9.17, 15) is 5.11 Å². The second-order valence-corrected chi connectivity index (χ2v) is 5.06. The van der Waals surface area contributed by atoms with Gasteiger partial charge < -0.3 is 10.0 Å². The van der Waals surface area contributed by atoms with Crippen molar-refractivity contribution in [3.8, 4) is 11.8 Å². The third-order valence-electron chi connectivity index (χ3n) is 2.22. The number of aliphatic hydroxyl groups excluding tert-OH is 1.